The van der Waals surface area contributed by atoms with E-state index >= 15 is 0 Å². The number of nitrogens with zero attached hydrogens (tertiary/aromatic N) is 1. The second-order valence-corrected chi connectivity index (χ2v) is 12.5. The fraction of sp³-hybridized carbons (Fsp3) is 0.406. The zero-order chi connectivity index (χ0) is 31.8. The number of aliphatic hydroxyl groups is 1. The van der Waals surface area contributed by atoms with Gasteiger partial charge in [0.05, 0.1) is 11.2 Å². The lowest BCUT2D eigenvalue weighted by Crippen LogP contribution is -2.63. The fourth-order valence-corrected chi connectivity index (χ4v) is 6.26. The van der Waals surface area contributed by atoms with Crippen LogP contribution in [0.15, 0.2) is 68.5 Å². The number of aromatic nitrogens is 1. The van der Waals surface area contributed by atoms with E-state index in [4.69, 9.17) is 23.4 Å². The first-order chi connectivity index (χ1) is 20.8. The topological polar surface area (TPSA) is 151 Å². The van der Waals surface area contributed by atoms with Crippen LogP contribution in [-0.4, -0.2) is 51.9 Å². The normalized spacial score (nSPS) is 25.3. The summed E-state index contributed by atoms with van der Waals surface area (Å²) in [7, 11) is 0. The Kier molecular flexibility index (Phi) is 8.68. The number of carbonyl (C=O) groups excluding carboxylic acids is 3. The summed E-state index contributed by atoms with van der Waals surface area (Å²) in [5.41, 5.74) is -2.90. The molecule has 1 aliphatic heterocycles. The average Bonchev–Trinajstić information content (AvgIpc) is 2.96. The Balaban J connectivity index is 1.64. The third kappa shape index (κ3) is 6.27. The molecule has 5 rings (SSSR count). The zero-order valence-electron chi connectivity index (χ0n) is 24.6. The van der Waals surface area contributed by atoms with E-state index in [1.54, 1.807) is 49.5 Å². The number of halogens is 1. The summed E-state index contributed by atoms with van der Waals surface area (Å²) in [4.78, 5) is 55.2. The van der Waals surface area contributed by atoms with Crippen LogP contribution >= 0.6 is 15.9 Å². The number of hydrogen-bond acceptors (Lipinski definition) is 11. The first kappa shape index (κ1) is 31.4. The van der Waals surface area contributed by atoms with Crippen LogP contribution in [0.1, 0.15) is 62.6 Å². The molecule has 0 spiro atoms. The van der Waals surface area contributed by atoms with E-state index in [-0.39, 0.29) is 42.1 Å². The lowest BCUT2D eigenvalue weighted by atomic mass is 9.62. The fourth-order valence-electron chi connectivity index (χ4n) is 5.99. The predicted octanol–water partition coefficient (Wildman–Crippen LogP) is 4.79. The van der Waals surface area contributed by atoms with Crippen LogP contribution in [0.25, 0.3) is 11.3 Å². The molecule has 3 aromatic rings. The van der Waals surface area contributed by atoms with Crippen LogP contribution in [0.3, 0.4) is 0 Å². The molecule has 1 fully saturated rings. The molecule has 44 heavy (non-hydrogen) atoms. The molecule has 1 aliphatic carbocycles. The molecule has 1 saturated carbocycles. The molecule has 0 saturated heterocycles. The number of benzene rings is 1. The van der Waals surface area contributed by atoms with Crippen molar-refractivity contribution < 1.29 is 42.9 Å². The van der Waals surface area contributed by atoms with Crippen LogP contribution in [0.4, 0.5) is 0 Å². The lowest BCUT2D eigenvalue weighted by molar-refractivity contribution is -0.208. The summed E-state index contributed by atoms with van der Waals surface area (Å²) in [5, 5.41) is 11.4. The minimum atomic E-state index is -1.55. The SMILES string of the molecule is CC(=O)OCC(C)(O)C1C[C@@H]2[C@@H](OC(=O)c3ccc(Br)cc3)c3c(cc(-c4cccnc4)oc3=O)O[C@@]2(C)[C@H](OC(C)=O)C1. The monoisotopic (exact) mass is 669 g/mol. The largest absolute Gasteiger partial charge is 0.482 e. The van der Waals surface area contributed by atoms with E-state index in [1.165, 1.54) is 33.0 Å². The van der Waals surface area contributed by atoms with Crippen molar-refractivity contribution in [3.8, 4) is 17.1 Å². The summed E-state index contributed by atoms with van der Waals surface area (Å²) in [6.45, 7) is 5.42. The molecule has 0 amide bonds. The van der Waals surface area contributed by atoms with Gasteiger partial charge in [0, 0.05) is 48.3 Å². The number of hydrogen-bond donors (Lipinski definition) is 1. The van der Waals surface area contributed by atoms with Gasteiger partial charge in [0.15, 0.2) is 0 Å². The van der Waals surface area contributed by atoms with Crippen LogP contribution in [0.5, 0.6) is 5.75 Å². The maximum Gasteiger partial charge on any atom is 0.347 e. The summed E-state index contributed by atoms with van der Waals surface area (Å²) < 4.78 is 30.0. The van der Waals surface area contributed by atoms with Gasteiger partial charge in [0.25, 0.3) is 0 Å². The van der Waals surface area contributed by atoms with Crippen molar-refractivity contribution in [3.63, 3.8) is 0 Å². The van der Waals surface area contributed by atoms with Gasteiger partial charge in [0.1, 0.15) is 41.5 Å². The summed E-state index contributed by atoms with van der Waals surface area (Å²) in [6, 6.07) is 11.5. The standard InChI is InChI=1S/C32H32BrNO10/c1-17(35)40-16-31(3,39)21-12-23-28(43-29(37)19-7-9-22(33)10-8-19)27-25(44-32(23,4)26(13-21)41-18(2)36)14-24(42-30(27)38)20-6-5-11-34-15-20/h5-11,14-15,21,23,26,28,39H,12-13,16H2,1-4H3/t21?,23-,26-,28-,31?,32-/m1/s1. The molecule has 1 aromatic carbocycles. The van der Waals surface area contributed by atoms with Gasteiger partial charge in [-0.25, -0.2) is 9.59 Å². The van der Waals surface area contributed by atoms with Crippen molar-refractivity contribution in [1.29, 1.82) is 0 Å². The Morgan fingerprint density at radius 3 is 2.48 bits per heavy atom. The average molecular weight is 671 g/mol. The van der Waals surface area contributed by atoms with Crippen LogP contribution in [0.2, 0.25) is 0 Å². The van der Waals surface area contributed by atoms with Gasteiger partial charge < -0.3 is 28.5 Å². The molecule has 1 N–H and O–H groups in total. The molecule has 6 atom stereocenters. The van der Waals surface area contributed by atoms with Gasteiger partial charge in [-0.3, -0.25) is 14.6 Å². The van der Waals surface area contributed by atoms with E-state index in [0.29, 0.717) is 5.56 Å². The summed E-state index contributed by atoms with van der Waals surface area (Å²) >= 11 is 3.35. The number of fused-ring (bicyclic) bond motifs is 2. The molecule has 11 nitrogen and oxygen atoms in total. The zero-order valence-corrected chi connectivity index (χ0v) is 26.2. The third-order valence-corrected chi connectivity index (χ3v) is 8.89. The Hall–Kier alpha value is -4.03. The van der Waals surface area contributed by atoms with Crippen molar-refractivity contribution >= 4 is 33.8 Å². The molecule has 0 bridgehead atoms. The Bertz CT molecular complexity index is 1620. The minimum absolute atomic E-state index is 0.0209. The van der Waals surface area contributed by atoms with Crippen molar-refractivity contribution in [2.75, 3.05) is 6.61 Å². The van der Waals surface area contributed by atoms with Crippen molar-refractivity contribution in [1.82, 2.24) is 4.98 Å². The van der Waals surface area contributed by atoms with E-state index in [1.807, 2.05) is 0 Å². The Labute approximate surface area is 261 Å². The second-order valence-electron chi connectivity index (χ2n) is 11.5. The van der Waals surface area contributed by atoms with Gasteiger partial charge in [-0.1, -0.05) is 15.9 Å². The van der Waals surface area contributed by atoms with Crippen LogP contribution in [-0.2, 0) is 23.8 Å². The summed E-state index contributed by atoms with van der Waals surface area (Å²) in [6.07, 6.45) is 1.25. The minimum Gasteiger partial charge on any atom is -0.482 e. The van der Waals surface area contributed by atoms with Crippen LogP contribution < -0.4 is 10.4 Å². The number of esters is 3. The smallest absolute Gasteiger partial charge is 0.347 e. The van der Waals surface area contributed by atoms with Gasteiger partial charge >= 0.3 is 23.5 Å². The molecule has 2 unspecified atom stereocenters. The molecule has 232 valence electrons. The van der Waals surface area contributed by atoms with Gasteiger partial charge in [-0.2, -0.15) is 0 Å². The highest BCUT2D eigenvalue weighted by molar-refractivity contribution is 9.10. The maximum atomic E-state index is 13.7. The van der Waals surface area contributed by atoms with E-state index in [0.717, 1.165) is 4.47 Å². The lowest BCUT2D eigenvalue weighted by Gasteiger charge is -2.54. The van der Waals surface area contributed by atoms with Gasteiger partial charge in [-0.05, 0) is 69.0 Å². The third-order valence-electron chi connectivity index (χ3n) is 8.36. The number of carbonyl (C=O) groups is 3. The van der Waals surface area contributed by atoms with Gasteiger partial charge in [0.2, 0.25) is 0 Å². The molecule has 3 heterocycles. The highest BCUT2D eigenvalue weighted by atomic mass is 79.9. The van der Waals surface area contributed by atoms with Crippen molar-refractivity contribution in [2.24, 2.45) is 11.8 Å². The molecular formula is C32H32BrNO10. The molecular weight excluding hydrogens is 638 g/mol. The number of rotatable bonds is 7. The predicted molar refractivity (Wildman–Crippen MR) is 159 cm³/mol. The van der Waals surface area contributed by atoms with E-state index < -0.39 is 58.8 Å². The Morgan fingerprint density at radius 2 is 1.84 bits per heavy atom. The first-order valence-electron chi connectivity index (χ1n) is 14.1. The van der Waals surface area contributed by atoms with E-state index in [2.05, 4.69) is 20.9 Å². The quantitative estimate of drug-likeness (QED) is 0.273. The maximum absolute atomic E-state index is 13.7. The molecule has 2 aromatic heterocycles. The molecule has 2 aliphatic rings. The molecule has 12 heteroatoms. The summed E-state index contributed by atoms with van der Waals surface area (Å²) in [5.74, 6) is -2.99. The number of ether oxygens (including phenoxy) is 4. The second kappa shape index (κ2) is 12.2. The highest BCUT2D eigenvalue weighted by Crippen LogP contribution is 2.55. The Morgan fingerprint density at radius 1 is 1.11 bits per heavy atom. The highest BCUT2D eigenvalue weighted by Gasteiger charge is 2.61. The first-order valence-corrected chi connectivity index (χ1v) is 14.8. The van der Waals surface area contributed by atoms with E-state index in [9.17, 15) is 24.3 Å². The van der Waals surface area contributed by atoms with Crippen LogP contribution in [0, 0.1) is 11.8 Å². The van der Waals surface area contributed by atoms with Crippen molar-refractivity contribution in [2.45, 2.75) is 63.9 Å². The molecule has 0 radical (unpaired) electrons. The van der Waals surface area contributed by atoms with Gasteiger partial charge in [-0.15, -0.1) is 0 Å². The number of pyridine rings is 1. The van der Waals surface area contributed by atoms with Crippen molar-refractivity contribution in [3.05, 3.63) is 80.9 Å².